The van der Waals surface area contributed by atoms with Gasteiger partial charge in [-0.15, -0.1) is 0 Å². The zero-order chi connectivity index (χ0) is 15.7. The summed E-state index contributed by atoms with van der Waals surface area (Å²) < 4.78 is 5.02. The monoisotopic (exact) mass is 317 g/mol. The highest BCUT2D eigenvalue weighted by Gasteiger charge is 2.44. The summed E-state index contributed by atoms with van der Waals surface area (Å²) in [6.45, 7) is 0. The zero-order valence-electron chi connectivity index (χ0n) is 12.0. The van der Waals surface area contributed by atoms with E-state index in [2.05, 4.69) is 5.32 Å². The minimum absolute atomic E-state index is 0.0254. The third kappa shape index (κ3) is 3.02. The first-order valence-corrected chi connectivity index (χ1v) is 7.39. The number of hydrogen-bond acceptors (Lipinski definition) is 3. The quantitative estimate of drug-likeness (QED) is 0.901. The number of hydrogen-bond donors (Lipinski definition) is 2. The van der Waals surface area contributed by atoms with Crippen LogP contribution in [0.1, 0.15) is 17.9 Å². The number of amides is 1. The fraction of sp³-hybridized carbons (Fsp3) is 0.235. The maximum atomic E-state index is 12.2. The molecule has 2 aromatic carbocycles. The van der Waals surface area contributed by atoms with Gasteiger partial charge in [0.2, 0.25) is 5.91 Å². The summed E-state index contributed by atoms with van der Waals surface area (Å²) in [5.41, 5.74) is 1.64. The van der Waals surface area contributed by atoms with Crippen LogP contribution < -0.4 is 10.1 Å². The summed E-state index contributed by atoms with van der Waals surface area (Å²) in [5, 5.41) is 13.3. The van der Waals surface area contributed by atoms with Crippen LogP contribution in [0.5, 0.6) is 11.5 Å². The maximum Gasteiger partial charge on any atom is 0.228 e. The van der Waals surface area contributed by atoms with E-state index in [0.717, 1.165) is 12.0 Å². The van der Waals surface area contributed by atoms with Crippen molar-refractivity contribution in [1.82, 2.24) is 0 Å². The van der Waals surface area contributed by atoms with Gasteiger partial charge in [-0.25, -0.2) is 0 Å². The fourth-order valence-corrected chi connectivity index (χ4v) is 2.78. The van der Waals surface area contributed by atoms with Gasteiger partial charge in [-0.05, 0) is 48.2 Å². The molecule has 3 rings (SSSR count). The number of benzene rings is 2. The Bertz CT molecular complexity index is 717. The molecule has 5 heteroatoms. The van der Waals surface area contributed by atoms with Gasteiger partial charge in [0.25, 0.3) is 0 Å². The highest BCUT2D eigenvalue weighted by atomic mass is 35.5. The Balaban J connectivity index is 1.66. The van der Waals surface area contributed by atoms with Gasteiger partial charge in [-0.2, -0.15) is 0 Å². The van der Waals surface area contributed by atoms with E-state index in [1.165, 1.54) is 7.11 Å². The summed E-state index contributed by atoms with van der Waals surface area (Å²) in [6.07, 6.45) is 0.776. The second kappa shape index (κ2) is 5.89. The lowest BCUT2D eigenvalue weighted by atomic mass is 10.1. The average Bonchev–Trinajstić information content (AvgIpc) is 3.27. The highest BCUT2D eigenvalue weighted by Crippen LogP contribution is 2.49. The lowest BCUT2D eigenvalue weighted by molar-refractivity contribution is -0.117. The lowest BCUT2D eigenvalue weighted by Gasteiger charge is -2.07. The van der Waals surface area contributed by atoms with Crippen LogP contribution in [0, 0.1) is 5.92 Å². The standard InChI is InChI=1S/C17H16ClNO3/c1-22-16-6-5-10(7-15(16)20)13-9-14(13)17(21)19-12-4-2-3-11(18)8-12/h2-8,13-14,20H,9H2,1H3,(H,19,21)/t13-,14+/m1/s1. The molecule has 0 unspecified atom stereocenters. The molecular weight excluding hydrogens is 302 g/mol. The molecule has 1 aliphatic rings. The molecule has 0 aliphatic heterocycles. The van der Waals surface area contributed by atoms with Crippen LogP contribution in [0.3, 0.4) is 0 Å². The first kappa shape index (κ1) is 14.7. The van der Waals surface area contributed by atoms with Crippen molar-refractivity contribution in [3.63, 3.8) is 0 Å². The van der Waals surface area contributed by atoms with E-state index in [1.807, 2.05) is 6.07 Å². The Kier molecular flexibility index (Phi) is 3.94. The second-order valence-corrected chi connectivity index (χ2v) is 5.82. The molecule has 114 valence electrons. The Labute approximate surface area is 133 Å². The van der Waals surface area contributed by atoms with Crippen LogP contribution in [0.2, 0.25) is 5.02 Å². The lowest BCUT2D eigenvalue weighted by Crippen LogP contribution is -2.14. The van der Waals surface area contributed by atoms with Crippen molar-refractivity contribution in [2.75, 3.05) is 12.4 Å². The van der Waals surface area contributed by atoms with Crippen LogP contribution in [-0.4, -0.2) is 18.1 Å². The molecule has 0 heterocycles. The molecule has 1 amide bonds. The van der Waals surface area contributed by atoms with E-state index in [1.54, 1.807) is 36.4 Å². The summed E-state index contributed by atoms with van der Waals surface area (Å²) >= 11 is 5.90. The minimum atomic E-state index is -0.0771. The number of phenolic OH excluding ortho intramolecular Hbond substituents is 1. The number of carbonyl (C=O) groups is 1. The number of aromatic hydroxyl groups is 1. The molecule has 2 N–H and O–H groups in total. The Hall–Kier alpha value is -2.20. The third-order valence-corrected chi connectivity index (χ3v) is 4.09. The van der Waals surface area contributed by atoms with E-state index in [0.29, 0.717) is 16.5 Å². The van der Waals surface area contributed by atoms with Gasteiger partial charge in [0, 0.05) is 16.6 Å². The average molecular weight is 318 g/mol. The third-order valence-electron chi connectivity index (χ3n) is 3.85. The molecule has 2 aromatic rings. The Morgan fingerprint density at radius 3 is 2.82 bits per heavy atom. The number of carbonyl (C=O) groups excluding carboxylic acids is 1. The SMILES string of the molecule is COc1ccc([C@H]2C[C@@H]2C(=O)Nc2cccc(Cl)c2)cc1O. The first-order valence-electron chi connectivity index (χ1n) is 7.02. The van der Waals surface area contributed by atoms with E-state index in [-0.39, 0.29) is 23.5 Å². The molecule has 22 heavy (non-hydrogen) atoms. The molecule has 1 aliphatic carbocycles. The normalized spacial score (nSPS) is 19.5. The van der Waals surface area contributed by atoms with E-state index in [4.69, 9.17) is 16.3 Å². The molecule has 0 spiro atoms. The van der Waals surface area contributed by atoms with Gasteiger partial charge >= 0.3 is 0 Å². The summed E-state index contributed by atoms with van der Waals surface area (Å²) in [4.78, 5) is 12.2. The number of halogens is 1. The van der Waals surface area contributed by atoms with E-state index >= 15 is 0 Å². The van der Waals surface area contributed by atoms with Crippen molar-refractivity contribution < 1.29 is 14.6 Å². The molecule has 4 nitrogen and oxygen atoms in total. The van der Waals surface area contributed by atoms with Gasteiger partial charge in [0.1, 0.15) is 0 Å². The summed E-state index contributed by atoms with van der Waals surface area (Å²) in [7, 11) is 1.51. The van der Waals surface area contributed by atoms with Crippen LogP contribution in [0.15, 0.2) is 42.5 Å². The highest BCUT2D eigenvalue weighted by molar-refractivity contribution is 6.30. The van der Waals surface area contributed by atoms with Crippen LogP contribution in [0.4, 0.5) is 5.69 Å². The number of phenols is 1. The van der Waals surface area contributed by atoms with Crippen molar-refractivity contribution in [3.8, 4) is 11.5 Å². The predicted molar refractivity (Wildman–Crippen MR) is 85.6 cm³/mol. The molecule has 0 radical (unpaired) electrons. The number of ether oxygens (including phenoxy) is 1. The number of rotatable bonds is 4. The van der Waals surface area contributed by atoms with Crippen LogP contribution in [-0.2, 0) is 4.79 Å². The summed E-state index contributed by atoms with van der Waals surface area (Å²) in [6, 6.07) is 12.3. The molecule has 2 atom stereocenters. The van der Waals surface area contributed by atoms with Crippen molar-refractivity contribution in [2.45, 2.75) is 12.3 Å². The minimum Gasteiger partial charge on any atom is -0.504 e. The van der Waals surface area contributed by atoms with E-state index < -0.39 is 0 Å². The van der Waals surface area contributed by atoms with Crippen molar-refractivity contribution in [2.24, 2.45) is 5.92 Å². The Morgan fingerprint density at radius 1 is 1.32 bits per heavy atom. The maximum absolute atomic E-state index is 12.2. The van der Waals surface area contributed by atoms with Gasteiger partial charge in [-0.3, -0.25) is 4.79 Å². The largest absolute Gasteiger partial charge is 0.504 e. The second-order valence-electron chi connectivity index (χ2n) is 5.38. The molecule has 0 bridgehead atoms. The zero-order valence-corrected chi connectivity index (χ0v) is 12.8. The van der Waals surface area contributed by atoms with Gasteiger partial charge in [-0.1, -0.05) is 23.7 Å². The molecule has 0 saturated heterocycles. The summed E-state index contributed by atoms with van der Waals surface area (Å²) in [5.74, 6) is 0.565. The molecule has 0 aromatic heterocycles. The topological polar surface area (TPSA) is 58.6 Å². The van der Waals surface area contributed by atoms with Crippen molar-refractivity contribution in [3.05, 3.63) is 53.1 Å². The van der Waals surface area contributed by atoms with Crippen molar-refractivity contribution in [1.29, 1.82) is 0 Å². The molecular formula is C17H16ClNO3. The predicted octanol–water partition coefficient (Wildman–Crippen LogP) is 3.80. The van der Waals surface area contributed by atoms with Crippen LogP contribution in [0.25, 0.3) is 0 Å². The first-order chi connectivity index (χ1) is 10.6. The number of anilines is 1. The Morgan fingerprint density at radius 2 is 2.14 bits per heavy atom. The van der Waals surface area contributed by atoms with E-state index in [9.17, 15) is 9.90 Å². The van der Waals surface area contributed by atoms with Gasteiger partial charge in [0.15, 0.2) is 11.5 Å². The smallest absolute Gasteiger partial charge is 0.228 e. The fourth-order valence-electron chi connectivity index (χ4n) is 2.59. The molecule has 1 fully saturated rings. The number of methoxy groups -OCH3 is 1. The number of nitrogens with one attached hydrogen (secondary N) is 1. The van der Waals surface area contributed by atoms with Crippen molar-refractivity contribution >= 4 is 23.2 Å². The van der Waals surface area contributed by atoms with Gasteiger partial charge < -0.3 is 15.2 Å². The van der Waals surface area contributed by atoms with Gasteiger partial charge in [0.05, 0.1) is 7.11 Å². The van der Waals surface area contributed by atoms with Crippen LogP contribution >= 0.6 is 11.6 Å². The molecule has 1 saturated carbocycles.